The molecular formula is C87H87BN8O25U. The van der Waals surface area contributed by atoms with Gasteiger partial charge in [0, 0.05) is 136 Å². The number of benzene rings is 8. The van der Waals surface area contributed by atoms with Crippen LogP contribution in [0.1, 0.15) is 131 Å². The van der Waals surface area contributed by atoms with Gasteiger partial charge in [0.15, 0.2) is 23.7 Å². The Morgan fingerprint density at radius 1 is 0.402 bits per heavy atom. The van der Waals surface area contributed by atoms with Crippen molar-refractivity contribution in [1.29, 1.82) is 1.34 Å². The van der Waals surface area contributed by atoms with Gasteiger partial charge in [0.2, 0.25) is 0 Å². The molecule has 0 saturated carbocycles. The number of anilines is 1. The van der Waals surface area contributed by atoms with E-state index in [-0.39, 0.29) is 59.2 Å². The van der Waals surface area contributed by atoms with Crippen LogP contribution in [-0.4, -0.2) is 213 Å². The zero-order valence-electron chi connectivity index (χ0n) is 67.5. The molecule has 2 radical (unpaired) electrons. The first kappa shape index (κ1) is 104. The number of hydrogen-bond donors (Lipinski definition) is 15. The van der Waals surface area contributed by atoms with Crippen molar-refractivity contribution in [2.24, 2.45) is 5.73 Å². The van der Waals surface area contributed by atoms with Crippen molar-refractivity contribution in [3.8, 4) is 60.2 Å². The topological polar surface area (TPSA) is 558 Å². The fraction of sp³-hybridized carbons (Fsp3) is 0.218. The Hall–Kier alpha value is -13.9. The molecular weight excluding hydrogens is 1810 g/mol. The van der Waals surface area contributed by atoms with E-state index in [2.05, 4.69) is 86.5 Å². The van der Waals surface area contributed by atoms with Crippen molar-refractivity contribution in [1.82, 2.24) is 21.3 Å². The van der Waals surface area contributed by atoms with Gasteiger partial charge in [-0.2, -0.15) is 0 Å². The molecule has 17 N–H and O–H groups in total. The summed E-state index contributed by atoms with van der Waals surface area (Å²) < 4.78 is 14.3. The number of nitro benzene ring substituents is 2. The van der Waals surface area contributed by atoms with E-state index in [1.165, 1.54) is 110 Å². The summed E-state index contributed by atoms with van der Waals surface area (Å²) in [5.74, 6) is 15.3. The van der Waals surface area contributed by atoms with Crippen LogP contribution in [0.3, 0.4) is 0 Å². The number of aliphatic hydroxyl groups is 7. The Balaban J connectivity index is 0.000000762. The Morgan fingerprint density at radius 3 is 0.795 bits per heavy atom. The van der Waals surface area contributed by atoms with Crippen LogP contribution in [0.4, 0.5) is 17.1 Å². The first-order chi connectivity index (χ1) is 57.8. The average molecular weight is 1900 g/mol. The van der Waals surface area contributed by atoms with Gasteiger partial charge in [0.1, 0.15) is 31.3 Å². The summed E-state index contributed by atoms with van der Waals surface area (Å²) in [6, 6.07) is 44.6. The van der Waals surface area contributed by atoms with Crippen LogP contribution >= 0.6 is 0 Å². The van der Waals surface area contributed by atoms with E-state index >= 15 is 0 Å². The number of methoxy groups -OCH3 is 2. The second-order valence-electron chi connectivity index (χ2n) is 25.1. The van der Waals surface area contributed by atoms with Crippen molar-refractivity contribution in [3.05, 3.63) is 287 Å². The smallest absolute Gasteiger partial charge is 0.335 e. The number of terminal acetylenes is 2. The number of aromatic carboxylic acids is 1. The molecule has 0 heterocycles. The number of carboxylic acids is 2. The number of amides is 4. The monoisotopic (exact) mass is 1890 g/mol. The molecule has 0 unspecified atom stereocenters. The van der Waals surface area contributed by atoms with E-state index in [1.807, 2.05) is 12.1 Å². The zero-order chi connectivity index (χ0) is 91.9. The van der Waals surface area contributed by atoms with E-state index in [0.29, 0.717) is 50.2 Å². The number of ketones is 2. The number of hydrogen-bond acceptors (Lipinski definition) is 25. The largest absolute Gasteiger partial charge is 0.480 e. The third kappa shape index (κ3) is 37.3. The molecule has 4 amide bonds. The van der Waals surface area contributed by atoms with Gasteiger partial charge in [-0.1, -0.05) is 47.4 Å². The molecule has 0 aliphatic carbocycles. The second-order valence-corrected chi connectivity index (χ2v) is 25.1. The van der Waals surface area contributed by atoms with E-state index < -0.39 is 143 Å². The van der Waals surface area contributed by atoms with Crippen molar-refractivity contribution in [2.45, 2.75) is 95.3 Å². The Labute approximate surface area is 728 Å². The van der Waals surface area contributed by atoms with Gasteiger partial charge in [0.25, 0.3) is 35.0 Å². The van der Waals surface area contributed by atoms with E-state index in [4.69, 9.17) is 51.2 Å². The number of nitrogens with one attached hydrogen (secondary N) is 4. The summed E-state index contributed by atoms with van der Waals surface area (Å²) in [5.41, 5.74) is 18.0. The normalized spacial score (nSPS) is 12.2. The zero-order valence-corrected chi connectivity index (χ0v) is 70.7. The third-order valence-electron chi connectivity index (χ3n) is 16.0. The Kier molecular flexibility index (Phi) is 46.9. The number of nitrogen functional groups attached to an aromatic ring is 1. The number of rotatable bonds is 23. The minimum Gasteiger partial charge on any atom is -0.480 e. The maximum Gasteiger partial charge on any atom is 0.335 e. The van der Waals surface area contributed by atoms with Crippen molar-refractivity contribution < 1.29 is 144 Å². The molecule has 0 aromatic heterocycles. The molecule has 0 spiro atoms. The van der Waals surface area contributed by atoms with Gasteiger partial charge in [0.05, 0.1) is 60.1 Å². The quantitative estimate of drug-likeness (QED) is 0.0109. The molecule has 632 valence electrons. The molecule has 8 aromatic carbocycles. The van der Waals surface area contributed by atoms with Crippen LogP contribution in [0.5, 0.6) is 0 Å². The molecule has 122 heavy (non-hydrogen) atoms. The number of carboxylic acid groups (broad SMARTS) is 2. The molecule has 8 rings (SSSR count). The van der Waals surface area contributed by atoms with Crippen LogP contribution < -0.4 is 32.7 Å². The van der Waals surface area contributed by atoms with Crippen molar-refractivity contribution in [2.75, 3.05) is 33.2 Å². The predicted octanol–water partition coefficient (Wildman–Crippen LogP) is 3.21. The molecule has 0 aliphatic rings. The van der Waals surface area contributed by atoms with E-state index in [1.54, 1.807) is 121 Å². The number of carbonyl (C=O) groups is 10. The van der Waals surface area contributed by atoms with E-state index in [9.17, 15) is 88.6 Å². The van der Waals surface area contributed by atoms with Crippen LogP contribution in [0.15, 0.2) is 194 Å². The van der Waals surface area contributed by atoms with Crippen LogP contribution in [0, 0.1) is 112 Å². The summed E-state index contributed by atoms with van der Waals surface area (Å²) in [5, 5.41) is 112. The number of nitrogens with two attached hydrogens (primary N) is 2. The number of aliphatic hydroxyl groups excluding tert-OH is 7. The minimum atomic E-state index is -1.20. The van der Waals surface area contributed by atoms with Gasteiger partial charge in [-0.25, -0.2) is 14.4 Å². The summed E-state index contributed by atoms with van der Waals surface area (Å²) in [4.78, 5) is 135. The molecule has 0 fully saturated rings. The summed E-state index contributed by atoms with van der Waals surface area (Å²) in [6.07, 6.45) is 4.90. The van der Waals surface area contributed by atoms with Crippen molar-refractivity contribution >= 4 is 84.5 Å². The fourth-order valence-corrected chi connectivity index (χ4v) is 9.12. The van der Waals surface area contributed by atoms with Gasteiger partial charge in [-0.3, -0.25) is 53.8 Å². The van der Waals surface area contributed by atoms with Crippen molar-refractivity contribution in [3.63, 3.8) is 0 Å². The number of nitrogens with zero attached hydrogens (tertiary/aromatic N) is 2. The van der Waals surface area contributed by atoms with Gasteiger partial charge >= 0.3 is 23.9 Å². The molecule has 8 aromatic rings. The SMILES string of the molecule is C#Cc1ccc(C(=O)N[C@H](C(=O)OC)[C@@H](C)O)cc1.C#Cc1ccc(C(=O)O)cc1.COC(=O)[C@@H](NC(=O)c1ccc(C#Cc2ccc([N+](=O)[O-])cc2)cc1)[C@@H](C)O.C[C@@H](O)[C@H](N)C(=O)O.C[C@@H](O)[C@H](NC(=O)c1ccc(C#Cc2ccc(N)cc2)cc1)C(=O)CO.C[C@@H](O)[C@H](NC(=O)c1ccc(C#Cc2ccc([N+](=O)[O-])cc2)cc1)C(=O)CO.[3H][B].[U]. The molecule has 0 saturated heterocycles. The number of non-ortho nitro benzene ring substituents is 2. The fourth-order valence-electron chi connectivity index (χ4n) is 9.12. The Morgan fingerprint density at radius 2 is 0.615 bits per heavy atom. The number of nitro groups is 2. The summed E-state index contributed by atoms with van der Waals surface area (Å²) in [6.45, 7) is 5.27. The number of Topliss-reactive ketones (excluding diaryl/α,β-unsaturated/α-hetero) is 2. The number of ether oxygens (including phenoxy) is 2. The first-order valence-corrected chi connectivity index (χ1v) is 35.4. The maximum atomic E-state index is 12.2. The third-order valence-corrected chi connectivity index (χ3v) is 16.0. The van der Waals surface area contributed by atoms with E-state index in [0.717, 1.165) is 11.1 Å². The summed E-state index contributed by atoms with van der Waals surface area (Å²) in [7, 11) is 6.11. The predicted molar refractivity (Wildman–Crippen MR) is 444 cm³/mol. The second kappa shape index (κ2) is 54.9. The number of carbonyl (C=O) groups excluding carboxylic acids is 8. The van der Waals surface area contributed by atoms with Gasteiger partial charge < -0.3 is 88.2 Å². The number of aliphatic carboxylic acids is 1. The number of esters is 2. The van der Waals surface area contributed by atoms with Crippen LogP contribution in [-0.2, 0) is 33.4 Å². The van der Waals surface area contributed by atoms with Gasteiger partial charge in [-0.05, 0) is 206 Å². The minimum absolute atomic E-state index is 0. The molecule has 10 atom stereocenters. The molecule has 0 bridgehead atoms. The molecule has 35 heteroatoms. The van der Waals surface area contributed by atoms with Crippen LogP contribution in [0.2, 0.25) is 0 Å². The average Bonchev–Trinajstić information content (AvgIpc) is 0.866. The first-order valence-electron chi connectivity index (χ1n) is 36.0. The standard InChI is InChI=1S/2C20H18N2O6.C20H20N2O4.C14H15NO4.C9H6O2.C4H9NO3.BH.U/c1-13(23)18(20(25)28-2)21-19(24)16-9-5-14(6-10-16)3-4-15-7-11-17(12-8-15)22(26)27;1-13(24)19(18(25)12-23)21-20(26)16-8-4-14(5-9-16)2-3-15-6-10-17(11-7-15)22(27)28;1-13(24)19(18(25)12-23)22-20(26)16-8-4-14(5-9-16)2-3-15-6-10-17(21)11-7-15;1-4-10-5-7-11(8-6-10)13(17)15-12(9(2)16)14(18)19-3;1-2-7-3-5-8(6-4-7)9(10)11;1-2(6)3(5)4(7)8;;/h5-13,18,23H,1-2H3,(H,21,24);4-11,13,19,23-24H,12H2,1H3,(H,21,26);4-11,13,19,23-24H,12,21H2,1H3,(H,22,26);1,5-9,12,16H,2-3H3,(H,15,17);1,3-6H,(H,10,11);2-3,6H,5H2,1H3,(H,7,8);1H;/t13-,18+;2*13-,19+;9-,12+;;2-,3+;;/m1111.1../s1/i;;;;;;1T;. The summed E-state index contributed by atoms with van der Waals surface area (Å²) >= 11 is 0. The van der Waals surface area contributed by atoms with Gasteiger partial charge in [-0.15, -0.1) is 12.8 Å². The maximum absolute atomic E-state index is 12.2. The molecule has 0 aliphatic heterocycles. The van der Waals surface area contributed by atoms with Crippen LogP contribution in [0.25, 0.3) is 0 Å². The molecule has 33 nitrogen and oxygen atoms in total. The Bertz CT molecular complexity index is 4990.